The number of ether oxygens (including phenoxy) is 2. The van der Waals surface area contributed by atoms with Gasteiger partial charge in [-0.2, -0.15) is 0 Å². The van der Waals surface area contributed by atoms with Crippen molar-refractivity contribution in [3.63, 3.8) is 0 Å². The van der Waals surface area contributed by atoms with Crippen LogP contribution in [0.15, 0.2) is 34.8 Å². The van der Waals surface area contributed by atoms with E-state index in [2.05, 4.69) is 31.9 Å². The fourth-order valence-corrected chi connectivity index (χ4v) is 3.51. The van der Waals surface area contributed by atoms with Gasteiger partial charge < -0.3 is 9.47 Å². The Morgan fingerprint density at radius 1 is 1.00 bits per heavy atom. The molecular weight excluding hydrogens is 410 g/mol. The predicted molar refractivity (Wildman–Crippen MR) is 84.4 cm³/mol. The van der Waals surface area contributed by atoms with Crippen molar-refractivity contribution >= 4 is 31.9 Å². The minimum atomic E-state index is -0.684. The highest BCUT2D eigenvalue weighted by Crippen LogP contribution is 2.45. The van der Waals surface area contributed by atoms with Crippen molar-refractivity contribution in [3.05, 3.63) is 57.6 Å². The molecule has 21 heavy (non-hydrogen) atoms. The molecule has 0 radical (unpaired) electrons. The van der Waals surface area contributed by atoms with Crippen LogP contribution in [-0.4, -0.2) is 14.2 Å². The number of benzene rings is 2. The second kappa shape index (κ2) is 6.75. The van der Waals surface area contributed by atoms with Crippen LogP contribution in [0.5, 0.6) is 11.5 Å². The van der Waals surface area contributed by atoms with E-state index in [0.717, 1.165) is 0 Å². The topological polar surface area (TPSA) is 18.5 Å². The van der Waals surface area contributed by atoms with Crippen LogP contribution in [0, 0.1) is 11.6 Å². The second-order valence-electron chi connectivity index (χ2n) is 4.20. The van der Waals surface area contributed by atoms with E-state index in [1.807, 2.05) is 0 Å². The molecule has 0 amide bonds. The number of alkyl halides is 1. The second-order valence-corrected chi connectivity index (χ2v) is 5.91. The summed E-state index contributed by atoms with van der Waals surface area (Å²) >= 11 is 6.72. The maximum atomic E-state index is 13.9. The fraction of sp³-hybridized carbons (Fsp3) is 0.200. The molecule has 0 saturated heterocycles. The third kappa shape index (κ3) is 3.06. The van der Waals surface area contributed by atoms with Gasteiger partial charge in [0.25, 0.3) is 0 Å². The van der Waals surface area contributed by atoms with Gasteiger partial charge in [0.1, 0.15) is 27.6 Å². The molecule has 112 valence electrons. The quantitative estimate of drug-likeness (QED) is 0.629. The molecule has 0 spiro atoms. The molecule has 2 rings (SSSR count). The van der Waals surface area contributed by atoms with Crippen molar-refractivity contribution in [2.75, 3.05) is 14.2 Å². The van der Waals surface area contributed by atoms with Crippen molar-refractivity contribution in [2.45, 2.75) is 4.83 Å². The van der Waals surface area contributed by atoms with Crippen LogP contribution in [0.3, 0.4) is 0 Å². The molecule has 2 nitrogen and oxygen atoms in total. The normalized spacial score (nSPS) is 12.1. The first-order valence-electron chi connectivity index (χ1n) is 5.99. The Balaban J connectivity index is 2.59. The maximum absolute atomic E-state index is 13.9. The lowest BCUT2D eigenvalue weighted by molar-refractivity contribution is 0.386. The van der Waals surface area contributed by atoms with Gasteiger partial charge in [-0.15, -0.1) is 0 Å². The summed E-state index contributed by atoms with van der Waals surface area (Å²) in [5.41, 5.74) is 0.530. The zero-order valence-electron chi connectivity index (χ0n) is 11.3. The Morgan fingerprint density at radius 3 is 2.14 bits per heavy atom. The third-order valence-corrected chi connectivity index (χ3v) is 4.74. The molecule has 0 heterocycles. The van der Waals surface area contributed by atoms with E-state index >= 15 is 0 Å². The van der Waals surface area contributed by atoms with Crippen LogP contribution in [-0.2, 0) is 0 Å². The van der Waals surface area contributed by atoms with E-state index in [9.17, 15) is 8.78 Å². The van der Waals surface area contributed by atoms with Crippen molar-refractivity contribution in [3.8, 4) is 11.5 Å². The van der Waals surface area contributed by atoms with Crippen molar-refractivity contribution in [1.29, 1.82) is 0 Å². The van der Waals surface area contributed by atoms with Gasteiger partial charge in [0.15, 0.2) is 0 Å². The Kier molecular flexibility index (Phi) is 5.22. The SMILES string of the molecule is COc1ccc(C(Br)c2c(F)cccc2F)c(OC)c1Br. The third-order valence-electron chi connectivity index (χ3n) is 3.04. The fourth-order valence-electron chi connectivity index (χ4n) is 2.03. The van der Waals surface area contributed by atoms with Crippen molar-refractivity contribution in [2.24, 2.45) is 0 Å². The molecule has 6 heteroatoms. The highest BCUT2D eigenvalue weighted by Gasteiger charge is 2.24. The minimum Gasteiger partial charge on any atom is -0.495 e. The van der Waals surface area contributed by atoms with Gasteiger partial charge in [-0.3, -0.25) is 0 Å². The average Bonchev–Trinajstić information content (AvgIpc) is 2.46. The maximum Gasteiger partial charge on any atom is 0.141 e. The van der Waals surface area contributed by atoms with Crippen molar-refractivity contribution in [1.82, 2.24) is 0 Å². The summed E-state index contributed by atoms with van der Waals surface area (Å²) in [7, 11) is 3.02. The van der Waals surface area contributed by atoms with Crippen LogP contribution < -0.4 is 9.47 Å². The number of hydrogen-bond acceptors (Lipinski definition) is 2. The Bertz CT molecular complexity index is 642. The van der Waals surface area contributed by atoms with Gasteiger partial charge >= 0.3 is 0 Å². The van der Waals surface area contributed by atoms with Crippen LogP contribution >= 0.6 is 31.9 Å². The van der Waals surface area contributed by atoms with E-state index in [-0.39, 0.29) is 5.56 Å². The largest absolute Gasteiger partial charge is 0.495 e. The summed E-state index contributed by atoms with van der Waals surface area (Å²) < 4.78 is 39.0. The molecular formula is C15H12Br2F2O2. The molecule has 0 fully saturated rings. The minimum absolute atomic E-state index is 0.0622. The Labute approximate surface area is 138 Å². The van der Waals surface area contributed by atoms with E-state index in [1.165, 1.54) is 32.4 Å². The number of methoxy groups -OCH3 is 2. The van der Waals surface area contributed by atoms with Crippen molar-refractivity contribution < 1.29 is 18.3 Å². The highest BCUT2D eigenvalue weighted by molar-refractivity contribution is 9.10. The molecule has 0 aromatic heterocycles. The predicted octanol–water partition coefficient (Wildman–Crippen LogP) is 5.23. The van der Waals surface area contributed by atoms with Gasteiger partial charge in [0.2, 0.25) is 0 Å². The summed E-state index contributed by atoms with van der Waals surface area (Å²) in [4.78, 5) is -0.684. The monoisotopic (exact) mass is 420 g/mol. The van der Waals surface area contributed by atoms with Crippen LogP contribution in [0.1, 0.15) is 16.0 Å². The van der Waals surface area contributed by atoms with E-state index < -0.39 is 16.5 Å². The molecule has 1 atom stereocenters. The van der Waals surface area contributed by atoms with E-state index in [4.69, 9.17) is 9.47 Å². The Hall–Kier alpha value is -1.14. The van der Waals surface area contributed by atoms with Gasteiger partial charge in [-0.05, 0) is 34.1 Å². The zero-order chi connectivity index (χ0) is 15.6. The van der Waals surface area contributed by atoms with Crippen LogP contribution in [0.25, 0.3) is 0 Å². The highest BCUT2D eigenvalue weighted by atomic mass is 79.9. The molecule has 0 aliphatic heterocycles. The Morgan fingerprint density at radius 2 is 1.62 bits per heavy atom. The van der Waals surface area contributed by atoms with E-state index in [1.54, 1.807) is 12.1 Å². The first-order valence-corrected chi connectivity index (χ1v) is 7.70. The molecule has 2 aromatic rings. The van der Waals surface area contributed by atoms with Crippen LogP contribution in [0.2, 0.25) is 0 Å². The summed E-state index contributed by atoms with van der Waals surface area (Å²) in [6.45, 7) is 0. The number of hydrogen-bond donors (Lipinski definition) is 0. The number of rotatable bonds is 4. The summed E-state index contributed by atoms with van der Waals surface area (Å²) in [6, 6.07) is 7.17. The van der Waals surface area contributed by atoms with E-state index in [0.29, 0.717) is 21.5 Å². The standard InChI is InChI=1S/C15H12Br2F2O2/c1-20-11-7-6-8(15(21-2)14(11)17)13(16)12-9(18)4-3-5-10(12)19/h3-7,13H,1-2H3. The molecule has 0 saturated carbocycles. The molecule has 0 bridgehead atoms. The molecule has 2 aromatic carbocycles. The van der Waals surface area contributed by atoms with Gasteiger partial charge in [0, 0.05) is 11.1 Å². The molecule has 1 unspecified atom stereocenters. The lowest BCUT2D eigenvalue weighted by atomic mass is 10.0. The lowest BCUT2D eigenvalue weighted by Crippen LogP contribution is -2.03. The van der Waals surface area contributed by atoms with Gasteiger partial charge in [-0.25, -0.2) is 8.78 Å². The first-order chi connectivity index (χ1) is 10.0. The van der Waals surface area contributed by atoms with Gasteiger partial charge in [0.05, 0.1) is 19.0 Å². The summed E-state index contributed by atoms with van der Waals surface area (Å²) in [6.07, 6.45) is 0. The summed E-state index contributed by atoms with van der Waals surface area (Å²) in [5, 5.41) is 0. The molecule has 0 aliphatic carbocycles. The summed E-state index contributed by atoms with van der Waals surface area (Å²) in [5.74, 6) is -0.208. The first kappa shape index (κ1) is 16.2. The smallest absolute Gasteiger partial charge is 0.141 e. The zero-order valence-corrected chi connectivity index (χ0v) is 14.5. The van der Waals surface area contributed by atoms with Crippen LogP contribution in [0.4, 0.5) is 8.78 Å². The molecule has 0 aliphatic rings. The molecule has 0 N–H and O–H groups in total. The average molecular weight is 422 g/mol. The number of halogens is 4. The lowest BCUT2D eigenvalue weighted by Gasteiger charge is -2.18. The van der Waals surface area contributed by atoms with Gasteiger partial charge in [-0.1, -0.05) is 28.1 Å².